The number of aromatic nitrogens is 3. The van der Waals surface area contributed by atoms with Gasteiger partial charge < -0.3 is 10.6 Å². The normalized spacial score (nSPS) is 10.3. The number of anilines is 2. The highest BCUT2D eigenvalue weighted by Gasteiger charge is 2.05. The van der Waals surface area contributed by atoms with Gasteiger partial charge in [0.1, 0.15) is 5.82 Å². The molecule has 0 aliphatic carbocycles. The van der Waals surface area contributed by atoms with E-state index in [-0.39, 0.29) is 5.91 Å². The summed E-state index contributed by atoms with van der Waals surface area (Å²) < 4.78 is 0. The van der Waals surface area contributed by atoms with Gasteiger partial charge in [-0.3, -0.25) is 4.79 Å². The maximum Gasteiger partial charge on any atom is 0.225 e. The van der Waals surface area contributed by atoms with Gasteiger partial charge in [0, 0.05) is 30.6 Å². The molecule has 6 heteroatoms. The lowest BCUT2D eigenvalue weighted by Crippen LogP contribution is -2.15. The van der Waals surface area contributed by atoms with E-state index in [0.29, 0.717) is 31.2 Å². The summed E-state index contributed by atoms with van der Waals surface area (Å²) in [6.45, 7) is 6.43. The minimum Gasteiger partial charge on any atom is -0.354 e. The van der Waals surface area contributed by atoms with Crippen molar-refractivity contribution in [3.05, 3.63) is 41.3 Å². The lowest BCUT2D eigenvalue weighted by molar-refractivity contribution is -0.116. The highest BCUT2D eigenvalue weighted by molar-refractivity contribution is 5.90. The van der Waals surface area contributed by atoms with Crippen LogP contribution in [0.3, 0.4) is 0 Å². The van der Waals surface area contributed by atoms with Gasteiger partial charge in [-0.25, -0.2) is 15.0 Å². The summed E-state index contributed by atoms with van der Waals surface area (Å²) in [7, 11) is 0. The Morgan fingerprint density at radius 3 is 2.59 bits per heavy atom. The fourth-order valence-corrected chi connectivity index (χ4v) is 2.07. The van der Waals surface area contributed by atoms with Crippen LogP contribution in [0.25, 0.3) is 0 Å². The number of hydrogen-bond acceptors (Lipinski definition) is 5. The van der Waals surface area contributed by atoms with Crippen LogP contribution in [0.5, 0.6) is 0 Å². The Hall–Kier alpha value is -2.50. The molecule has 0 aliphatic heterocycles. The third-order valence-corrected chi connectivity index (χ3v) is 3.11. The predicted molar refractivity (Wildman–Crippen MR) is 86.8 cm³/mol. The number of carbonyl (C=O) groups excluding carboxylic acids is 1. The minimum absolute atomic E-state index is 0.0371. The van der Waals surface area contributed by atoms with Crippen LogP contribution in [-0.4, -0.2) is 27.4 Å². The molecule has 2 rings (SSSR count). The molecule has 2 aromatic rings. The second kappa shape index (κ2) is 7.49. The monoisotopic (exact) mass is 299 g/mol. The van der Waals surface area contributed by atoms with Crippen molar-refractivity contribution in [2.24, 2.45) is 0 Å². The van der Waals surface area contributed by atoms with Crippen molar-refractivity contribution in [1.29, 1.82) is 0 Å². The Labute approximate surface area is 130 Å². The van der Waals surface area contributed by atoms with Gasteiger partial charge in [0.2, 0.25) is 11.9 Å². The van der Waals surface area contributed by atoms with Gasteiger partial charge in [-0.05, 0) is 44.9 Å². The number of nitrogens with zero attached hydrogens (tertiary/aromatic N) is 3. The number of carbonyl (C=O) groups is 1. The Balaban J connectivity index is 1.74. The fourth-order valence-electron chi connectivity index (χ4n) is 2.07. The van der Waals surface area contributed by atoms with Crippen molar-refractivity contribution < 1.29 is 4.79 Å². The molecule has 0 unspecified atom stereocenters. The number of hydrogen-bond donors (Lipinski definition) is 2. The zero-order valence-corrected chi connectivity index (χ0v) is 13.2. The summed E-state index contributed by atoms with van der Waals surface area (Å²) in [4.78, 5) is 24.6. The topological polar surface area (TPSA) is 79.8 Å². The third-order valence-electron chi connectivity index (χ3n) is 3.11. The molecule has 0 atom stereocenters. The molecule has 0 saturated heterocycles. The average Bonchev–Trinajstić information content (AvgIpc) is 2.45. The molecule has 2 N–H and O–H groups in total. The predicted octanol–water partition coefficient (Wildman–Crippen LogP) is 2.63. The van der Waals surface area contributed by atoms with E-state index in [2.05, 4.69) is 25.6 Å². The standard InChI is InChI=1S/C16H21N5O/c1-11-6-4-8-17-15(11)21-14(22)7-5-9-18-16-19-12(2)10-13(3)20-16/h4,6,8,10H,5,7,9H2,1-3H3,(H,17,21,22)(H,18,19,20). The number of pyridine rings is 1. The number of aryl methyl sites for hydroxylation is 3. The fraction of sp³-hybridized carbons (Fsp3) is 0.375. The summed E-state index contributed by atoms with van der Waals surface area (Å²) in [6.07, 6.45) is 2.80. The molecular weight excluding hydrogens is 278 g/mol. The summed E-state index contributed by atoms with van der Waals surface area (Å²) in [5, 5.41) is 5.96. The van der Waals surface area contributed by atoms with Crippen LogP contribution in [0.15, 0.2) is 24.4 Å². The average molecular weight is 299 g/mol. The molecule has 0 spiro atoms. The van der Waals surface area contributed by atoms with Crippen molar-refractivity contribution in [2.75, 3.05) is 17.2 Å². The van der Waals surface area contributed by atoms with Crippen LogP contribution in [0.1, 0.15) is 29.8 Å². The first-order valence-electron chi connectivity index (χ1n) is 7.32. The van der Waals surface area contributed by atoms with Crippen LogP contribution in [-0.2, 0) is 4.79 Å². The van der Waals surface area contributed by atoms with Crippen LogP contribution in [0.4, 0.5) is 11.8 Å². The summed E-state index contributed by atoms with van der Waals surface area (Å²) in [5.41, 5.74) is 2.81. The molecule has 0 aliphatic rings. The Morgan fingerprint density at radius 2 is 1.91 bits per heavy atom. The molecule has 0 aromatic carbocycles. The highest BCUT2D eigenvalue weighted by Crippen LogP contribution is 2.10. The van der Waals surface area contributed by atoms with Crippen molar-refractivity contribution in [3.8, 4) is 0 Å². The van der Waals surface area contributed by atoms with Gasteiger partial charge in [0.15, 0.2) is 0 Å². The molecule has 0 saturated carbocycles. The second-order valence-corrected chi connectivity index (χ2v) is 5.22. The largest absolute Gasteiger partial charge is 0.354 e. The molecular formula is C16H21N5O. The van der Waals surface area contributed by atoms with E-state index in [4.69, 9.17) is 0 Å². The van der Waals surface area contributed by atoms with Crippen LogP contribution in [0, 0.1) is 20.8 Å². The van der Waals surface area contributed by atoms with E-state index in [1.54, 1.807) is 6.20 Å². The van der Waals surface area contributed by atoms with Gasteiger partial charge in [-0.1, -0.05) is 6.07 Å². The van der Waals surface area contributed by atoms with Gasteiger partial charge in [-0.2, -0.15) is 0 Å². The molecule has 22 heavy (non-hydrogen) atoms. The van der Waals surface area contributed by atoms with Gasteiger partial charge in [0.25, 0.3) is 0 Å². The van der Waals surface area contributed by atoms with Gasteiger partial charge in [-0.15, -0.1) is 0 Å². The molecule has 0 bridgehead atoms. The first-order chi connectivity index (χ1) is 10.5. The molecule has 0 radical (unpaired) electrons. The van der Waals surface area contributed by atoms with E-state index in [1.165, 1.54) is 0 Å². The molecule has 6 nitrogen and oxygen atoms in total. The lowest BCUT2D eigenvalue weighted by Gasteiger charge is -2.08. The zero-order valence-electron chi connectivity index (χ0n) is 13.2. The third kappa shape index (κ3) is 4.80. The molecule has 2 heterocycles. The summed E-state index contributed by atoms with van der Waals surface area (Å²) in [5.74, 6) is 1.20. The molecule has 0 fully saturated rings. The van der Waals surface area contributed by atoms with E-state index in [9.17, 15) is 4.79 Å². The zero-order chi connectivity index (χ0) is 15.9. The maximum atomic E-state index is 11.9. The van der Waals surface area contributed by atoms with Crippen molar-refractivity contribution in [2.45, 2.75) is 33.6 Å². The van der Waals surface area contributed by atoms with Gasteiger partial charge >= 0.3 is 0 Å². The molecule has 1 amide bonds. The highest BCUT2D eigenvalue weighted by atomic mass is 16.1. The van der Waals surface area contributed by atoms with E-state index < -0.39 is 0 Å². The quantitative estimate of drug-likeness (QED) is 0.802. The molecule has 2 aromatic heterocycles. The van der Waals surface area contributed by atoms with Crippen LogP contribution in [0.2, 0.25) is 0 Å². The van der Waals surface area contributed by atoms with E-state index >= 15 is 0 Å². The lowest BCUT2D eigenvalue weighted by atomic mass is 10.2. The van der Waals surface area contributed by atoms with Crippen molar-refractivity contribution in [3.63, 3.8) is 0 Å². The van der Waals surface area contributed by atoms with E-state index in [1.807, 2.05) is 39.0 Å². The SMILES string of the molecule is Cc1cc(C)nc(NCCCC(=O)Nc2ncccc2C)n1. The van der Waals surface area contributed by atoms with E-state index in [0.717, 1.165) is 17.0 Å². The summed E-state index contributed by atoms with van der Waals surface area (Å²) >= 11 is 0. The number of nitrogens with one attached hydrogen (secondary N) is 2. The van der Waals surface area contributed by atoms with Crippen molar-refractivity contribution in [1.82, 2.24) is 15.0 Å². The smallest absolute Gasteiger partial charge is 0.225 e. The number of amides is 1. The van der Waals surface area contributed by atoms with Crippen LogP contribution >= 0.6 is 0 Å². The van der Waals surface area contributed by atoms with Crippen molar-refractivity contribution >= 4 is 17.7 Å². The Kier molecular flexibility index (Phi) is 5.41. The minimum atomic E-state index is -0.0371. The summed E-state index contributed by atoms with van der Waals surface area (Å²) in [6, 6.07) is 5.69. The van der Waals surface area contributed by atoms with Gasteiger partial charge in [0.05, 0.1) is 0 Å². The maximum absolute atomic E-state index is 11.9. The first-order valence-corrected chi connectivity index (χ1v) is 7.32. The first kappa shape index (κ1) is 15.9. The number of rotatable bonds is 6. The second-order valence-electron chi connectivity index (χ2n) is 5.22. The molecule has 116 valence electrons. The Morgan fingerprint density at radius 1 is 1.18 bits per heavy atom. The van der Waals surface area contributed by atoms with Crippen LogP contribution < -0.4 is 10.6 Å². The Bertz CT molecular complexity index is 636.